The van der Waals surface area contributed by atoms with E-state index in [1.165, 1.54) is 16.7 Å². The molecule has 1 amide bonds. The molecule has 1 fully saturated rings. The molecule has 4 rings (SSSR count). The summed E-state index contributed by atoms with van der Waals surface area (Å²) < 4.78 is 0. The Labute approximate surface area is 174 Å². The van der Waals surface area contributed by atoms with Crippen LogP contribution in [0.4, 0.5) is 5.69 Å². The molecule has 0 bridgehead atoms. The molecule has 2 N–H and O–H groups in total. The van der Waals surface area contributed by atoms with Crippen LogP contribution in [0.25, 0.3) is 0 Å². The molecule has 2 aliphatic rings. The van der Waals surface area contributed by atoms with Crippen LogP contribution in [0, 0.1) is 11.8 Å². The number of carbonyl (C=O) groups is 1. The average Bonchev–Trinajstić information content (AvgIpc) is 3.15. The van der Waals surface area contributed by atoms with Crippen molar-refractivity contribution in [1.82, 2.24) is 10.2 Å². The average molecular weight is 392 g/mol. The van der Waals surface area contributed by atoms with E-state index in [-0.39, 0.29) is 18.0 Å². The smallest absolute Gasteiger partial charge is 0.237 e. The van der Waals surface area contributed by atoms with Gasteiger partial charge in [0.2, 0.25) is 5.91 Å². The Balaban J connectivity index is 1.55. The Morgan fingerprint density at radius 3 is 2.38 bits per heavy atom. The minimum atomic E-state index is -0.0556. The molecule has 1 heterocycles. The number of nitrogens with zero attached hydrogens (tertiary/aromatic N) is 1. The number of amides is 1. The first kappa shape index (κ1) is 20.0. The number of hydrogen-bond donors (Lipinski definition) is 2. The third-order valence-corrected chi connectivity index (χ3v) is 6.51. The lowest BCUT2D eigenvalue weighted by atomic mass is 9.90. The van der Waals surface area contributed by atoms with E-state index in [0.717, 1.165) is 38.0 Å². The highest BCUT2D eigenvalue weighted by atomic mass is 16.2. The monoisotopic (exact) mass is 391 g/mol. The Morgan fingerprint density at radius 1 is 1.07 bits per heavy atom. The van der Waals surface area contributed by atoms with Gasteiger partial charge in [0.25, 0.3) is 0 Å². The van der Waals surface area contributed by atoms with Crippen molar-refractivity contribution < 1.29 is 4.79 Å². The van der Waals surface area contributed by atoms with Gasteiger partial charge in [0.1, 0.15) is 0 Å². The van der Waals surface area contributed by atoms with Gasteiger partial charge in [-0.15, -0.1) is 0 Å². The highest BCUT2D eigenvalue weighted by molar-refractivity contribution is 5.83. The normalized spacial score (nSPS) is 22.6. The summed E-state index contributed by atoms with van der Waals surface area (Å²) in [6.07, 6.45) is 3.03. The van der Waals surface area contributed by atoms with Crippen molar-refractivity contribution in [3.05, 3.63) is 65.2 Å². The fourth-order valence-corrected chi connectivity index (χ4v) is 5.01. The summed E-state index contributed by atoms with van der Waals surface area (Å²) in [7, 11) is 1.96. The topological polar surface area (TPSA) is 44.4 Å². The van der Waals surface area contributed by atoms with Crippen LogP contribution in [0.3, 0.4) is 0 Å². The van der Waals surface area contributed by atoms with Gasteiger partial charge < -0.3 is 10.6 Å². The lowest BCUT2D eigenvalue weighted by molar-refractivity contribution is -0.132. The summed E-state index contributed by atoms with van der Waals surface area (Å²) in [5.74, 6) is 1.17. The van der Waals surface area contributed by atoms with E-state index in [2.05, 4.69) is 77.9 Å². The van der Waals surface area contributed by atoms with Crippen LogP contribution in [0.15, 0.2) is 48.5 Å². The van der Waals surface area contributed by atoms with Crippen molar-refractivity contribution >= 4 is 11.6 Å². The second kappa shape index (κ2) is 8.58. The number of nitrogens with one attached hydrogen (secondary N) is 2. The summed E-state index contributed by atoms with van der Waals surface area (Å²) in [6, 6.07) is 17.3. The van der Waals surface area contributed by atoms with Crippen molar-refractivity contribution in [2.24, 2.45) is 11.8 Å². The predicted molar refractivity (Wildman–Crippen MR) is 119 cm³/mol. The van der Waals surface area contributed by atoms with Crippen LogP contribution in [-0.2, 0) is 24.2 Å². The SMILES string of the molecule is CNc1ccccc1CN1CC(C2Cc3ccccc3C2)NC(=O)[C@H]1CC(C)C. The maximum atomic E-state index is 13.2. The molecule has 2 aromatic rings. The van der Waals surface area contributed by atoms with Crippen LogP contribution < -0.4 is 10.6 Å². The zero-order valence-corrected chi connectivity index (χ0v) is 17.8. The zero-order chi connectivity index (χ0) is 20.4. The Bertz CT molecular complexity index is 838. The molecule has 0 saturated carbocycles. The van der Waals surface area contributed by atoms with Crippen LogP contribution in [0.5, 0.6) is 0 Å². The van der Waals surface area contributed by atoms with Crippen LogP contribution in [0.2, 0.25) is 0 Å². The molecule has 1 aliphatic carbocycles. The molecule has 2 atom stereocenters. The maximum absolute atomic E-state index is 13.2. The van der Waals surface area contributed by atoms with Crippen molar-refractivity contribution in [3.8, 4) is 0 Å². The summed E-state index contributed by atoms with van der Waals surface area (Å²) in [6.45, 7) is 6.12. The molecule has 4 heteroatoms. The van der Waals surface area contributed by atoms with Gasteiger partial charge in [-0.2, -0.15) is 0 Å². The van der Waals surface area contributed by atoms with Gasteiger partial charge in [0.05, 0.1) is 6.04 Å². The van der Waals surface area contributed by atoms with Crippen molar-refractivity contribution in [1.29, 1.82) is 0 Å². The minimum absolute atomic E-state index is 0.0556. The number of fused-ring (bicyclic) bond motifs is 1. The molecule has 1 unspecified atom stereocenters. The Hall–Kier alpha value is -2.33. The third kappa shape index (κ3) is 4.32. The summed E-state index contributed by atoms with van der Waals surface area (Å²) >= 11 is 0. The maximum Gasteiger partial charge on any atom is 0.237 e. The zero-order valence-electron chi connectivity index (χ0n) is 17.8. The highest BCUT2D eigenvalue weighted by Crippen LogP contribution is 2.32. The van der Waals surface area contributed by atoms with E-state index in [9.17, 15) is 4.79 Å². The van der Waals surface area contributed by atoms with Crippen molar-refractivity contribution in [3.63, 3.8) is 0 Å². The Morgan fingerprint density at radius 2 is 1.72 bits per heavy atom. The predicted octanol–water partition coefficient (Wildman–Crippen LogP) is 3.86. The molecule has 4 nitrogen and oxygen atoms in total. The molecule has 0 aromatic heterocycles. The molecule has 1 saturated heterocycles. The van der Waals surface area contributed by atoms with E-state index in [4.69, 9.17) is 0 Å². The standard InChI is InChI=1S/C25H33N3O/c1-17(2)12-24-25(29)27-23(21-13-18-8-4-5-9-19(18)14-21)16-28(24)15-20-10-6-7-11-22(20)26-3/h4-11,17,21,23-24,26H,12-16H2,1-3H3,(H,27,29)/t23?,24-/m1/s1. The van der Waals surface area contributed by atoms with Crippen LogP contribution >= 0.6 is 0 Å². The van der Waals surface area contributed by atoms with Gasteiger partial charge in [-0.25, -0.2) is 0 Å². The van der Waals surface area contributed by atoms with Crippen molar-refractivity contribution in [2.45, 2.75) is 51.7 Å². The van der Waals surface area contributed by atoms with Gasteiger partial charge in [-0.3, -0.25) is 9.69 Å². The first-order valence-corrected chi connectivity index (χ1v) is 10.9. The van der Waals surface area contributed by atoms with Gasteiger partial charge in [-0.05, 0) is 53.9 Å². The summed E-state index contributed by atoms with van der Waals surface area (Å²) in [5, 5.41) is 6.70. The van der Waals surface area contributed by atoms with Gasteiger partial charge >= 0.3 is 0 Å². The third-order valence-electron chi connectivity index (χ3n) is 6.51. The molecule has 0 radical (unpaired) electrons. The van der Waals surface area contributed by atoms with Gasteiger partial charge in [0, 0.05) is 31.9 Å². The largest absolute Gasteiger partial charge is 0.388 e. The molecule has 154 valence electrons. The fourth-order valence-electron chi connectivity index (χ4n) is 5.01. The van der Waals surface area contributed by atoms with E-state index >= 15 is 0 Å². The second-order valence-electron chi connectivity index (χ2n) is 9.03. The lowest BCUT2D eigenvalue weighted by Gasteiger charge is -2.42. The summed E-state index contributed by atoms with van der Waals surface area (Å²) in [5.41, 5.74) is 5.30. The summed E-state index contributed by atoms with van der Waals surface area (Å²) in [4.78, 5) is 15.6. The number of hydrogen-bond acceptors (Lipinski definition) is 3. The molecule has 29 heavy (non-hydrogen) atoms. The number of anilines is 1. The fraction of sp³-hybridized carbons (Fsp3) is 0.480. The minimum Gasteiger partial charge on any atom is -0.388 e. The highest BCUT2D eigenvalue weighted by Gasteiger charge is 2.39. The van der Waals surface area contributed by atoms with Crippen LogP contribution in [0.1, 0.15) is 37.0 Å². The number of para-hydroxylation sites is 1. The first-order chi connectivity index (χ1) is 14.0. The Kier molecular flexibility index (Phi) is 5.91. The van der Waals surface area contributed by atoms with E-state index in [1.54, 1.807) is 0 Å². The molecular weight excluding hydrogens is 358 g/mol. The molecule has 2 aromatic carbocycles. The van der Waals surface area contributed by atoms with E-state index in [0.29, 0.717) is 11.8 Å². The molecule has 0 spiro atoms. The van der Waals surface area contributed by atoms with Gasteiger partial charge in [-0.1, -0.05) is 56.3 Å². The molecular formula is C25H33N3O. The number of benzene rings is 2. The quantitative estimate of drug-likeness (QED) is 0.786. The number of piperazine rings is 1. The van der Waals surface area contributed by atoms with E-state index < -0.39 is 0 Å². The lowest BCUT2D eigenvalue weighted by Crippen LogP contribution is -2.62. The number of carbonyl (C=O) groups excluding carboxylic acids is 1. The van der Waals surface area contributed by atoms with Crippen LogP contribution in [-0.4, -0.2) is 36.5 Å². The molecule has 1 aliphatic heterocycles. The van der Waals surface area contributed by atoms with E-state index in [1.807, 2.05) is 7.05 Å². The number of rotatable bonds is 6. The van der Waals surface area contributed by atoms with Crippen molar-refractivity contribution in [2.75, 3.05) is 18.9 Å². The first-order valence-electron chi connectivity index (χ1n) is 10.9. The van der Waals surface area contributed by atoms with Gasteiger partial charge in [0.15, 0.2) is 0 Å². The second-order valence-corrected chi connectivity index (χ2v) is 9.03.